The van der Waals surface area contributed by atoms with Crippen molar-refractivity contribution < 1.29 is 4.79 Å². The van der Waals surface area contributed by atoms with Crippen LogP contribution in [0.5, 0.6) is 0 Å². The molecule has 1 atom stereocenters. The van der Waals surface area contributed by atoms with Crippen LogP contribution in [0.2, 0.25) is 0 Å². The number of Topliss-reactive ketones (excluding diaryl/α,β-unsaturated/α-hetero) is 1. The second-order valence-electron chi connectivity index (χ2n) is 5.34. The van der Waals surface area contributed by atoms with Crippen LogP contribution >= 0.6 is 0 Å². The van der Waals surface area contributed by atoms with Crippen LogP contribution < -0.4 is 0 Å². The average Bonchev–Trinajstić information content (AvgIpc) is 2.63. The molecule has 96 valence electrons. The first-order chi connectivity index (χ1) is 8.59. The lowest BCUT2D eigenvalue weighted by Gasteiger charge is -2.11. The zero-order valence-electron chi connectivity index (χ0n) is 11.4. The fourth-order valence-corrected chi connectivity index (χ4v) is 2.57. The van der Waals surface area contributed by atoms with E-state index in [-0.39, 0.29) is 5.92 Å². The average molecular weight is 243 g/mol. The van der Waals surface area contributed by atoms with E-state index in [1.165, 1.54) is 5.57 Å². The number of hydrogen-bond acceptors (Lipinski definition) is 2. The molecule has 0 bridgehead atoms. The van der Waals surface area contributed by atoms with E-state index >= 15 is 0 Å². The highest BCUT2D eigenvalue weighted by Gasteiger charge is 2.31. The van der Waals surface area contributed by atoms with Gasteiger partial charge in [0.05, 0.1) is 5.92 Å². The molecular weight excluding hydrogens is 222 g/mol. The lowest BCUT2D eigenvalue weighted by atomic mass is 9.94. The summed E-state index contributed by atoms with van der Waals surface area (Å²) in [5.74, 6) is 0.393. The molecule has 0 radical (unpaired) electrons. The van der Waals surface area contributed by atoms with Crippen LogP contribution in [0.3, 0.4) is 0 Å². The molecule has 18 heavy (non-hydrogen) atoms. The van der Waals surface area contributed by atoms with Crippen molar-refractivity contribution in [2.75, 3.05) is 20.6 Å². The molecule has 0 N–H and O–H groups in total. The Labute approximate surface area is 109 Å². The van der Waals surface area contributed by atoms with Crippen molar-refractivity contribution in [3.63, 3.8) is 0 Å². The molecule has 1 aromatic rings. The van der Waals surface area contributed by atoms with Crippen molar-refractivity contribution >= 4 is 5.78 Å². The van der Waals surface area contributed by atoms with Gasteiger partial charge in [-0.2, -0.15) is 0 Å². The highest BCUT2D eigenvalue weighted by molar-refractivity contribution is 6.03. The molecule has 0 saturated carbocycles. The fraction of sp³-hybridized carbons (Fsp3) is 0.438. The van der Waals surface area contributed by atoms with Gasteiger partial charge >= 0.3 is 0 Å². The van der Waals surface area contributed by atoms with E-state index in [0.717, 1.165) is 30.5 Å². The second-order valence-corrected chi connectivity index (χ2v) is 5.34. The minimum absolute atomic E-state index is 0.0587. The Balaban J connectivity index is 2.11. The van der Waals surface area contributed by atoms with Crippen LogP contribution in [0, 0.1) is 0 Å². The van der Waals surface area contributed by atoms with Gasteiger partial charge in [0.1, 0.15) is 0 Å². The van der Waals surface area contributed by atoms with Crippen molar-refractivity contribution in [3.05, 3.63) is 47.0 Å². The third kappa shape index (κ3) is 2.70. The van der Waals surface area contributed by atoms with E-state index in [1.807, 2.05) is 32.3 Å². The van der Waals surface area contributed by atoms with Crippen LogP contribution in [0.4, 0.5) is 0 Å². The number of carbonyl (C=O) groups is 1. The largest absolute Gasteiger partial charge is 0.309 e. The molecule has 0 heterocycles. The highest BCUT2D eigenvalue weighted by Crippen LogP contribution is 2.36. The van der Waals surface area contributed by atoms with E-state index in [2.05, 4.69) is 24.0 Å². The molecule has 2 heteroatoms. The molecule has 0 spiro atoms. The number of hydrogen-bond donors (Lipinski definition) is 0. The Bertz CT molecular complexity index is 459. The molecule has 0 aromatic heterocycles. The van der Waals surface area contributed by atoms with Crippen molar-refractivity contribution in [1.82, 2.24) is 4.90 Å². The van der Waals surface area contributed by atoms with Gasteiger partial charge in [-0.15, -0.1) is 0 Å². The number of allylic oxidation sites excluding steroid dienone is 1. The summed E-state index contributed by atoms with van der Waals surface area (Å²) in [4.78, 5) is 14.6. The molecule has 0 amide bonds. The first kappa shape index (κ1) is 13.0. The van der Waals surface area contributed by atoms with Gasteiger partial charge in [-0.1, -0.05) is 35.9 Å². The molecule has 2 nitrogen and oxygen atoms in total. The number of carbonyl (C=O) groups excluding carboxylic acids is 1. The van der Waals surface area contributed by atoms with Gasteiger partial charge < -0.3 is 4.90 Å². The quantitative estimate of drug-likeness (QED) is 0.810. The molecule has 1 aliphatic carbocycles. The molecular formula is C16H21NO. The van der Waals surface area contributed by atoms with Gasteiger partial charge in [-0.25, -0.2) is 0 Å². The van der Waals surface area contributed by atoms with Crippen molar-refractivity contribution in [2.24, 2.45) is 0 Å². The summed E-state index contributed by atoms with van der Waals surface area (Å²) in [7, 11) is 4.09. The van der Waals surface area contributed by atoms with Gasteiger partial charge in [-0.3, -0.25) is 4.79 Å². The predicted molar refractivity (Wildman–Crippen MR) is 74.7 cm³/mol. The Morgan fingerprint density at radius 2 is 1.89 bits per heavy atom. The van der Waals surface area contributed by atoms with Crippen LogP contribution in [0.15, 0.2) is 41.5 Å². The SMILES string of the molecule is CC1=C(CCN(C)C)C(=O)C(c2ccccc2)C1. The molecule has 1 aromatic carbocycles. The van der Waals surface area contributed by atoms with Gasteiger partial charge in [0.25, 0.3) is 0 Å². The fourth-order valence-electron chi connectivity index (χ4n) is 2.57. The maximum atomic E-state index is 12.5. The maximum absolute atomic E-state index is 12.5. The molecule has 0 saturated heterocycles. The summed E-state index contributed by atoms with van der Waals surface area (Å²) in [5, 5.41) is 0. The van der Waals surface area contributed by atoms with Gasteiger partial charge in [-0.05, 0) is 45.0 Å². The van der Waals surface area contributed by atoms with E-state index in [4.69, 9.17) is 0 Å². The number of benzene rings is 1. The summed E-state index contributed by atoms with van der Waals surface area (Å²) < 4.78 is 0. The Morgan fingerprint density at radius 3 is 2.50 bits per heavy atom. The van der Waals surface area contributed by atoms with Crippen LogP contribution in [0.25, 0.3) is 0 Å². The third-order valence-electron chi connectivity index (χ3n) is 3.65. The lowest BCUT2D eigenvalue weighted by Crippen LogP contribution is -2.16. The van der Waals surface area contributed by atoms with E-state index in [9.17, 15) is 4.79 Å². The Hall–Kier alpha value is -1.41. The highest BCUT2D eigenvalue weighted by atomic mass is 16.1. The Kier molecular flexibility index (Phi) is 3.97. The predicted octanol–water partition coefficient (Wildman–Crippen LogP) is 3.01. The van der Waals surface area contributed by atoms with Gasteiger partial charge in [0.2, 0.25) is 0 Å². The minimum atomic E-state index is 0.0587. The minimum Gasteiger partial charge on any atom is -0.309 e. The smallest absolute Gasteiger partial charge is 0.166 e. The topological polar surface area (TPSA) is 20.3 Å². The standard InChI is InChI=1S/C16H21NO/c1-12-11-15(13-7-5-4-6-8-13)16(18)14(12)9-10-17(2)3/h4-8,15H,9-11H2,1-3H3. The van der Waals surface area contributed by atoms with Crippen molar-refractivity contribution in [1.29, 1.82) is 0 Å². The maximum Gasteiger partial charge on any atom is 0.166 e. The van der Waals surface area contributed by atoms with E-state index in [0.29, 0.717) is 5.78 Å². The lowest BCUT2D eigenvalue weighted by molar-refractivity contribution is -0.116. The van der Waals surface area contributed by atoms with Crippen molar-refractivity contribution in [2.45, 2.75) is 25.7 Å². The van der Waals surface area contributed by atoms with Gasteiger partial charge in [0, 0.05) is 6.54 Å². The normalized spacial score (nSPS) is 20.0. The number of nitrogens with zero attached hydrogens (tertiary/aromatic N) is 1. The molecule has 0 aliphatic heterocycles. The van der Waals surface area contributed by atoms with Crippen molar-refractivity contribution in [3.8, 4) is 0 Å². The summed E-state index contributed by atoms with van der Waals surface area (Å²) >= 11 is 0. The third-order valence-corrected chi connectivity index (χ3v) is 3.65. The van der Waals surface area contributed by atoms with Crippen LogP contribution in [-0.4, -0.2) is 31.3 Å². The molecule has 1 aliphatic rings. The molecule has 1 unspecified atom stereocenters. The summed E-state index contributed by atoms with van der Waals surface area (Å²) in [6.45, 7) is 3.05. The first-order valence-electron chi connectivity index (χ1n) is 6.52. The Morgan fingerprint density at radius 1 is 1.22 bits per heavy atom. The zero-order chi connectivity index (χ0) is 13.1. The monoisotopic (exact) mass is 243 g/mol. The van der Waals surface area contributed by atoms with Crippen LogP contribution in [-0.2, 0) is 4.79 Å². The summed E-state index contributed by atoms with van der Waals surface area (Å²) in [6, 6.07) is 10.1. The second kappa shape index (κ2) is 5.49. The van der Waals surface area contributed by atoms with Crippen LogP contribution in [0.1, 0.15) is 31.2 Å². The van der Waals surface area contributed by atoms with E-state index in [1.54, 1.807) is 0 Å². The molecule has 2 rings (SSSR count). The summed E-state index contributed by atoms with van der Waals surface area (Å²) in [6.07, 6.45) is 1.77. The number of rotatable bonds is 4. The van der Waals surface area contributed by atoms with Gasteiger partial charge in [0.15, 0.2) is 5.78 Å². The zero-order valence-corrected chi connectivity index (χ0v) is 11.4. The molecule has 0 fully saturated rings. The summed E-state index contributed by atoms with van der Waals surface area (Å²) in [5.41, 5.74) is 3.48. The number of ketones is 1. The van der Waals surface area contributed by atoms with E-state index < -0.39 is 0 Å². The first-order valence-corrected chi connectivity index (χ1v) is 6.52.